The second kappa shape index (κ2) is 4.05. The van der Waals surface area contributed by atoms with Crippen LogP contribution in [-0.2, 0) is 12.8 Å². The molecule has 0 saturated heterocycles. The van der Waals surface area contributed by atoms with Gasteiger partial charge < -0.3 is 0 Å². The molecular formula is C14H14N2. The van der Waals surface area contributed by atoms with Crippen LogP contribution in [0.15, 0.2) is 42.7 Å². The van der Waals surface area contributed by atoms with Crippen molar-refractivity contribution in [3.05, 3.63) is 59.7 Å². The molecule has 1 atom stereocenters. The van der Waals surface area contributed by atoms with Crippen molar-refractivity contribution in [1.82, 2.24) is 9.97 Å². The molecule has 2 nitrogen and oxygen atoms in total. The largest absolute Gasteiger partial charge is 0.241 e. The van der Waals surface area contributed by atoms with Crippen molar-refractivity contribution in [2.45, 2.75) is 25.2 Å². The molecular weight excluding hydrogens is 196 g/mol. The first-order valence-electron chi connectivity index (χ1n) is 5.77. The van der Waals surface area contributed by atoms with Crippen molar-refractivity contribution in [3.8, 4) is 0 Å². The monoisotopic (exact) mass is 210 g/mol. The summed E-state index contributed by atoms with van der Waals surface area (Å²) in [4.78, 5) is 8.73. The lowest BCUT2D eigenvalue weighted by atomic mass is 9.83. The number of hydrogen-bond acceptors (Lipinski definition) is 2. The number of aryl methyl sites for hydroxylation is 1. The van der Waals surface area contributed by atoms with Crippen molar-refractivity contribution in [1.29, 1.82) is 0 Å². The average Bonchev–Trinajstić information content (AvgIpc) is 2.39. The van der Waals surface area contributed by atoms with E-state index in [0.29, 0.717) is 5.92 Å². The molecule has 0 aliphatic heterocycles. The maximum Gasteiger partial charge on any atom is 0.131 e. The predicted molar refractivity (Wildman–Crippen MR) is 63.2 cm³/mol. The molecule has 0 unspecified atom stereocenters. The smallest absolute Gasteiger partial charge is 0.131 e. The Kier molecular flexibility index (Phi) is 2.41. The lowest BCUT2D eigenvalue weighted by Gasteiger charge is -2.23. The normalized spacial score (nSPS) is 19.1. The average molecular weight is 210 g/mol. The number of nitrogens with zero attached hydrogens (tertiary/aromatic N) is 2. The van der Waals surface area contributed by atoms with Gasteiger partial charge in [0.15, 0.2) is 0 Å². The summed E-state index contributed by atoms with van der Waals surface area (Å²) in [6, 6.07) is 10.6. The van der Waals surface area contributed by atoms with Gasteiger partial charge >= 0.3 is 0 Å². The zero-order chi connectivity index (χ0) is 10.8. The molecule has 1 heterocycles. The van der Waals surface area contributed by atoms with Gasteiger partial charge in [-0.05, 0) is 36.5 Å². The molecule has 0 fully saturated rings. The number of benzene rings is 1. The van der Waals surface area contributed by atoms with E-state index < -0.39 is 0 Å². The maximum atomic E-state index is 4.36. The third kappa shape index (κ3) is 1.71. The number of fused-ring (bicyclic) bond motifs is 1. The van der Waals surface area contributed by atoms with Crippen molar-refractivity contribution in [3.63, 3.8) is 0 Å². The molecule has 2 heteroatoms. The molecule has 1 aromatic heterocycles. The Labute approximate surface area is 95.4 Å². The van der Waals surface area contributed by atoms with E-state index in [0.717, 1.165) is 18.7 Å². The summed E-state index contributed by atoms with van der Waals surface area (Å²) in [5, 5.41) is 0. The molecule has 0 radical (unpaired) electrons. The van der Waals surface area contributed by atoms with Gasteiger partial charge in [-0.3, -0.25) is 0 Å². The highest BCUT2D eigenvalue weighted by Gasteiger charge is 2.21. The van der Waals surface area contributed by atoms with Crippen molar-refractivity contribution in [2.75, 3.05) is 0 Å². The van der Waals surface area contributed by atoms with Crippen LogP contribution < -0.4 is 0 Å². The van der Waals surface area contributed by atoms with Crippen molar-refractivity contribution < 1.29 is 0 Å². The van der Waals surface area contributed by atoms with Crippen LogP contribution in [0, 0.1) is 0 Å². The second-order valence-corrected chi connectivity index (χ2v) is 4.32. The first-order chi connectivity index (χ1) is 7.93. The Hall–Kier alpha value is -1.70. The number of hydrogen-bond donors (Lipinski definition) is 0. The van der Waals surface area contributed by atoms with Gasteiger partial charge in [0, 0.05) is 18.3 Å². The molecule has 1 aliphatic rings. The van der Waals surface area contributed by atoms with Gasteiger partial charge in [-0.1, -0.05) is 24.3 Å². The van der Waals surface area contributed by atoms with Crippen LogP contribution in [0.5, 0.6) is 0 Å². The van der Waals surface area contributed by atoms with E-state index in [4.69, 9.17) is 0 Å². The van der Waals surface area contributed by atoms with Gasteiger partial charge in [0.25, 0.3) is 0 Å². The summed E-state index contributed by atoms with van der Waals surface area (Å²) in [6.45, 7) is 0. The fraction of sp³-hybridized carbons (Fsp3) is 0.286. The predicted octanol–water partition coefficient (Wildman–Crippen LogP) is 2.75. The Balaban J connectivity index is 1.89. The van der Waals surface area contributed by atoms with E-state index in [-0.39, 0.29) is 0 Å². The number of aromatic nitrogens is 2. The lowest BCUT2D eigenvalue weighted by Crippen LogP contribution is -2.14. The zero-order valence-corrected chi connectivity index (χ0v) is 9.13. The zero-order valence-electron chi connectivity index (χ0n) is 9.13. The topological polar surface area (TPSA) is 25.8 Å². The maximum absolute atomic E-state index is 4.36. The van der Waals surface area contributed by atoms with Gasteiger partial charge in [0.1, 0.15) is 5.82 Å². The van der Waals surface area contributed by atoms with Gasteiger partial charge in [-0.15, -0.1) is 0 Å². The molecule has 2 aromatic rings. The number of rotatable bonds is 1. The molecule has 1 aliphatic carbocycles. The molecule has 80 valence electrons. The minimum atomic E-state index is 0.496. The van der Waals surface area contributed by atoms with Crippen LogP contribution in [0.1, 0.15) is 29.3 Å². The van der Waals surface area contributed by atoms with E-state index in [1.807, 2.05) is 18.5 Å². The fourth-order valence-electron chi connectivity index (χ4n) is 2.44. The van der Waals surface area contributed by atoms with Gasteiger partial charge in [-0.2, -0.15) is 0 Å². The van der Waals surface area contributed by atoms with Gasteiger partial charge in [0.05, 0.1) is 0 Å². The quantitative estimate of drug-likeness (QED) is 0.723. The first kappa shape index (κ1) is 9.52. The van der Waals surface area contributed by atoms with Crippen LogP contribution in [0.3, 0.4) is 0 Å². The van der Waals surface area contributed by atoms with E-state index in [1.54, 1.807) is 0 Å². The minimum absolute atomic E-state index is 0.496. The SMILES string of the molecule is c1cnc([C@@H]2CCc3ccccc3C2)nc1. The summed E-state index contributed by atoms with van der Waals surface area (Å²) < 4.78 is 0. The highest BCUT2D eigenvalue weighted by atomic mass is 14.9. The molecule has 16 heavy (non-hydrogen) atoms. The summed E-state index contributed by atoms with van der Waals surface area (Å²) in [5.41, 5.74) is 2.96. The molecule has 1 aromatic carbocycles. The summed E-state index contributed by atoms with van der Waals surface area (Å²) in [5.74, 6) is 1.49. The van der Waals surface area contributed by atoms with Crippen LogP contribution in [0.2, 0.25) is 0 Å². The van der Waals surface area contributed by atoms with Crippen LogP contribution >= 0.6 is 0 Å². The highest BCUT2D eigenvalue weighted by Crippen LogP contribution is 2.30. The van der Waals surface area contributed by atoms with E-state index >= 15 is 0 Å². The van der Waals surface area contributed by atoms with Gasteiger partial charge in [-0.25, -0.2) is 9.97 Å². The first-order valence-corrected chi connectivity index (χ1v) is 5.77. The molecule has 3 rings (SSSR count). The Bertz CT molecular complexity index is 479. The van der Waals surface area contributed by atoms with Crippen LogP contribution in [0.25, 0.3) is 0 Å². The third-order valence-electron chi connectivity index (χ3n) is 3.30. The van der Waals surface area contributed by atoms with E-state index in [1.165, 1.54) is 17.5 Å². The lowest BCUT2D eigenvalue weighted by molar-refractivity contribution is 0.555. The summed E-state index contributed by atoms with van der Waals surface area (Å²) in [6.07, 6.45) is 7.08. The van der Waals surface area contributed by atoms with E-state index in [2.05, 4.69) is 34.2 Å². The van der Waals surface area contributed by atoms with Gasteiger partial charge in [0.2, 0.25) is 0 Å². The fourth-order valence-corrected chi connectivity index (χ4v) is 2.44. The van der Waals surface area contributed by atoms with Crippen molar-refractivity contribution >= 4 is 0 Å². The minimum Gasteiger partial charge on any atom is -0.241 e. The Morgan fingerprint density at radius 1 is 0.938 bits per heavy atom. The molecule has 0 saturated carbocycles. The third-order valence-corrected chi connectivity index (χ3v) is 3.30. The molecule has 0 N–H and O–H groups in total. The summed E-state index contributed by atoms with van der Waals surface area (Å²) >= 11 is 0. The Morgan fingerprint density at radius 2 is 1.69 bits per heavy atom. The van der Waals surface area contributed by atoms with E-state index in [9.17, 15) is 0 Å². The van der Waals surface area contributed by atoms with Crippen LogP contribution in [0.4, 0.5) is 0 Å². The highest BCUT2D eigenvalue weighted by molar-refractivity contribution is 5.31. The molecule has 0 amide bonds. The van der Waals surface area contributed by atoms with Crippen LogP contribution in [-0.4, -0.2) is 9.97 Å². The standard InChI is InChI=1S/C14H14N2/c1-2-5-12-10-13(7-6-11(12)4-1)14-15-8-3-9-16-14/h1-5,8-9,13H,6-7,10H2/t13-/m1/s1. The molecule has 0 spiro atoms. The second-order valence-electron chi connectivity index (χ2n) is 4.32. The molecule has 0 bridgehead atoms. The van der Waals surface area contributed by atoms with Crippen molar-refractivity contribution in [2.24, 2.45) is 0 Å². The summed E-state index contributed by atoms with van der Waals surface area (Å²) in [7, 11) is 0. The Morgan fingerprint density at radius 3 is 2.50 bits per heavy atom.